The van der Waals surface area contributed by atoms with Crippen molar-refractivity contribution in [3.05, 3.63) is 53.6 Å². The molecule has 0 N–H and O–H groups in total. The summed E-state index contributed by atoms with van der Waals surface area (Å²) in [6.45, 7) is 1.12. The molecule has 1 amide bonds. The Morgan fingerprint density at radius 3 is 2.69 bits per heavy atom. The van der Waals surface area contributed by atoms with Gasteiger partial charge in [-0.2, -0.15) is 13.2 Å². The fourth-order valence-corrected chi connectivity index (χ4v) is 3.82. The highest BCUT2D eigenvalue weighted by atomic mass is 19.4. The van der Waals surface area contributed by atoms with E-state index in [1.165, 1.54) is 12.1 Å². The molecule has 29 heavy (non-hydrogen) atoms. The molecule has 158 valence electrons. The first-order valence-electron chi connectivity index (χ1n) is 9.83. The second kappa shape index (κ2) is 9.43. The van der Waals surface area contributed by atoms with E-state index in [2.05, 4.69) is 4.98 Å². The molecule has 1 fully saturated rings. The maximum absolute atomic E-state index is 13.3. The first-order valence-corrected chi connectivity index (χ1v) is 9.83. The van der Waals surface area contributed by atoms with Gasteiger partial charge in [0.1, 0.15) is 5.82 Å². The van der Waals surface area contributed by atoms with Crippen LogP contribution in [-0.4, -0.2) is 40.6 Å². The zero-order valence-electron chi connectivity index (χ0n) is 16.5. The van der Waals surface area contributed by atoms with E-state index in [1.807, 2.05) is 0 Å². The number of carbonyl (C=O) groups is 1. The van der Waals surface area contributed by atoms with Gasteiger partial charge in [0.2, 0.25) is 5.91 Å². The number of alkyl halides is 3. The maximum atomic E-state index is 13.3. The SMILES string of the molecule is COCCN(Cc1nccn1Cc1ccccc1C(F)(F)F)C(=O)C1CCCC1. The molecule has 0 aliphatic heterocycles. The second-order valence-electron chi connectivity index (χ2n) is 7.36. The smallest absolute Gasteiger partial charge is 0.383 e. The van der Waals surface area contributed by atoms with Crippen LogP contribution in [0.2, 0.25) is 0 Å². The van der Waals surface area contributed by atoms with Gasteiger partial charge >= 0.3 is 6.18 Å². The molecule has 0 unspecified atom stereocenters. The summed E-state index contributed by atoms with van der Waals surface area (Å²) in [4.78, 5) is 18.9. The van der Waals surface area contributed by atoms with Gasteiger partial charge in [-0.15, -0.1) is 0 Å². The van der Waals surface area contributed by atoms with Gasteiger partial charge in [-0.1, -0.05) is 31.0 Å². The average molecular weight is 409 g/mol. The number of ether oxygens (including phenoxy) is 1. The lowest BCUT2D eigenvalue weighted by Crippen LogP contribution is -2.38. The molecule has 5 nitrogen and oxygen atoms in total. The minimum Gasteiger partial charge on any atom is -0.383 e. The van der Waals surface area contributed by atoms with Crippen LogP contribution in [-0.2, 0) is 28.8 Å². The third-order valence-electron chi connectivity index (χ3n) is 5.38. The molecule has 0 bridgehead atoms. The van der Waals surface area contributed by atoms with Gasteiger partial charge < -0.3 is 14.2 Å². The van der Waals surface area contributed by atoms with Crippen LogP contribution in [0, 0.1) is 5.92 Å². The first kappa shape index (κ1) is 21.4. The molecule has 0 radical (unpaired) electrons. The number of hydrogen-bond acceptors (Lipinski definition) is 3. The van der Waals surface area contributed by atoms with Crippen LogP contribution in [0.25, 0.3) is 0 Å². The summed E-state index contributed by atoms with van der Waals surface area (Å²) in [6.07, 6.45) is 2.66. The number of hydrogen-bond donors (Lipinski definition) is 0. The van der Waals surface area contributed by atoms with Crippen LogP contribution >= 0.6 is 0 Å². The van der Waals surface area contributed by atoms with Crippen molar-refractivity contribution in [2.24, 2.45) is 5.92 Å². The van der Waals surface area contributed by atoms with Crippen molar-refractivity contribution in [1.82, 2.24) is 14.5 Å². The monoisotopic (exact) mass is 409 g/mol. The fraction of sp³-hybridized carbons (Fsp3) is 0.524. The zero-order chi connectivity index (χ0) is 20.9. The lowest BCUT2D eigenvalue weighted by molar-refractivity contribution is -0.138. The predicted molar refractivity (Wildman–Crippen MR) is 102 cm³/mol. The molecule has 8 heteroatoms. The summed E-state index contributed by atoms with van der Waals surface area (Å²) in [6, 6.07) is 5.53. The number of methoxy groups -OCH3 is 1. The summed E-state index contributed by atoms with van der Waals surface area (Å²) >= 11 is 0. The van der Waals surface area contributed by atoms with Crippen molar-refractivity contribution >= 4 is 5.91 Å². The molecule has 2 aromatic rings. The van der Waals surface area contributed by atoms with E-state index in [1.54, 1.807) is 35.0 Å². The van der Waals surface area contributed by atoms with Crippen molar-refractivity contribution in [3.8, 4) is 0 Å². The number of carbonyl (C=O) groups excluding carboxylic acids is 1. The topological polar surface area (TPSA) is 47.4 Å². The Bertz CT molecular complexity index is 813. The molecule has 0 saturated heterocycles. The van der Waals surface area contributed by atoms with E-state index in [0.29, 0.717) is 19.0 Å². The molecule has 0 atom stereocenters. The summed E-state index contributed by atoms with van der Waals surface area (Å²) in [5.41, 5.74) is -0.484. The van der Waals surface area contributed by atoms with E-state index < -0.39 is 11.7 Å². The third-order valence-corrected chi connectivity index (χ3v) is 5.38. The number of benzene rings is 1. The molecule has 1 aromatic carbocycles. The molecular weight excluding hydrogens is 383 g/mol. The highest BCUT2D eigenvalue weighted by molar-refractivity contribution is 5.79. The van der Waals surface area contributed by atoms with E-state index >= 15 is 0 Å². The molecule has 1 heterocycles. The molecule has 1 saturated carbocycles. The standard InChI is InChI=1S/C21H26F3N3O2/c1-29-13-12-27(20(28)16-6-2-3-7-16)15-19-25-10-11-26(19)14-17-8-4-5-9-18(17)21(22,23)24/h4-5,8-11,16H,2-3,6-7,12-15H2,1H3. The van der Waals surface area contributed by atoms with Gasteiger partial charge in [-0.25, -0.2) is 4.98 Å². The molecule has 1 aliphatic rings. The Morgan fingerprint density at radius 2 is 2.00 bits per heavy atom. The number of halogens is 3. The van der Waals surface area contributed by atoms with E-state index in [9.17, 15) is 18.0 Å². The minimum atomic E-state index is -4.42. The van der Waals surface area contributed by atoms with Gasteiger partial charge in [-0.05, 0) is 24.5 Å². The Hall–Kier alpha value is -2.35. The molecule has 3 rings (SSSR count). The van der Waals surface area contributed by atoms with Crippen molar-refractivity contribution in [2.45, 2.75) is 44.9 Å². The van der Waals surface area contributed by atoms with Crippen molar-refractivity contribution in [2.75, 3.05) is 20.3 Å². The molecular formula is C21H26F3N3O2. The molecule has 1 aliphatic carbocycles. The third kappa shape index (κ3) is 5.38. The van der Waals surface area contributed by atoms with Crippen LogP contribution in [0.3, 0.4) is 0 Å². The lowest BCUT2D eigenvalue weighted by Gasteiger charge is -2.25. The van der Waals surface area contributed by atoms with E-state index in [4.69, 9.17) is 4.74 Å². The Labute approximate surface area is 168 Å². The van der Waals surface area contributed by atoms with Crippen molar-refractivity contribution < 1.29 is 22.7 Å². The van der Waals surface area contributed by atoms with Crippen LogP contribution < -0.4 is 0 Å². The van der Waals surface area contributed by atoms with Gasteiger partial charge in [0, 0.05) is 38.5 Å². The summed E-state index contributed by atoms with van der Waals surface area (Å²) < 4.78 is 46.8. The van der Waals surface area contributed by atoms with Gasteiger partial charge in [0.25, 0.3) is 0 Å². The van der Waals surface area contributed by atoms with Crippen molar-refractivity contribution in [3.63, 3.8) is 0 Å². The second-order valence-corrected chi connectivity index (χ2v) is 7.36. The average Bonchev–Trinajstić information content (AvgIpc) is 3.36. The summed E-state index contributed by atoms with van der Waals surface area (Å²) in [5.74, 6) is 0.649. The number of rotatable bonds is 8. The van der Waals surface area contributed by atoms with Gasteiger partial charge in [-0.3, -0.25) is 4.79 Å². The quantitative estimate of drug-likeness (QED) is 0.659. The lowest BCUT2D eigenvalue weighted by atomic mass is 10.1. The highest BCUT2D eigenvalue weighted by Gasteiger charge is 2.33. The number of aromatic nitrogens is 2. The number of imidazole rings is 1. The maximum Gasteiger partial charge on any atom is 0.416 e. The van der Waals surface area contributed by atoms with E-state index in [0.717, 1.165) is 31.7 Å². The van der Waals surface area contributed by atoms with Crippen molar-refractivity contribution in [1.29, 1.82) is 0 Å². The minimum absolute atomic E-state index is 0.0150. The molecule has 1 aromatic heterocycles. The van der Waals surface area contributed by atoms with Crippen LogP contribution in [0.15, 0.2) is 36.7 Å². The largest absolute Gasteiger partial charge is 0.416 e. The Balaban J connectivity index is 1.79. The normalized spacial score (nSPS) is 15.0. The fourth-order valence-electron chi connectivity index (χ4n) is 3.82. The first-order chi connectivity index (χ1) is 13.9. The Kier molecular flexibility index (Phi) is 6.95. The summed E-state index contributed by atoms with van der Waals surface area (Å²) in [5, 5.41) is 0. The van der Waals surface area contributed by atoms with Crippen LogP contribution in [0.5, 0.6) is 0 Å². The number of amides is 1. The zero-order valence-corrected chi connectivity index (χ0v) is 16.5. The predicted octanol–water partition coefficient (Wildman–Crippen LogP) is 4.12. The van der Waals surface area contributed by atoms with Gasteiger partial charge in [0.15, 0.2) is 0 Å². The van der Waals surface area contributed by atoms with Gasteiger partial charge in [0.05, 0.1) is 18.7 Å². The molecule has 0 spiro atoms. The number of nitrogens with zero attached hydrogens (tertiary/aromatic N) is 3. The summed E-state index contributed by atoms with van der Waals surface area (Å²) in [7, 11) is 1.58. The van der Waals surface area contributed by atoms with Crippen LogP contribution in [0.4, 0.5) is 13.2 Å². The van der Waals surface area contributed by atoms with E-state index in [-0.39, 0.29) is 30.5 Å². The van der Waals surface area contributed by atoms with Crippen LogP contribution in [0.1, 0.15) is 42.6 Å². The Morgan fingerprint density at radius 1 is 1.28 bits per heavy atom. The highest BCUT2D eigenvalue weighted by Crippen LogP contribution is 2.32.